The van der Waals surface area contributed by atoms with Crippen molar-refractivity contribution in [2.24, 2.45) is 5.41 Å². The second-order valence-electron chi connectivity index (χ2n) is 6.46. The Hall–Kier alpha value is -2.68. The van der Waals surface area contributed by atoms with Crippen LogP contribution in [0, 0.1) is 16.7 Å². The predicted octanol–water partition coefficient (Wildman–Crippen LogP) is 2.08. The van der Waals surface area contributed by atoms with Crippen LogP contribution in [-0.2, 0) is 25.6 Å². The summed E-state index contributed by atoms with van der Waals surface area (Å²) in [6, 6.07) is 2.50. The van der Waals surface area contributed by atoms with Gasteiger partial charge in [0, 0.05) is 20.2 Å². The maximum atomic E-state index is 13.0. The van der Waals surface area contributed by atoms with Crippen LogP contribution >= 0.6 is 0 Å². The van der Waals surface area contributed by atoms with E-state index < -0.39 is 48.1 Å². The summed E-state index contributed by atoms with van der Waals surface area (Å²) >= 11 is 0. The van der Waals surface area contributed by atoms with Gasteiger partial charge in [0.15, 0.2) is 5.41 Å². The van der Waals surface area contributed by atoms with Gasteiger partial charge in [0.25, 0.3) is 12.9 Å². The zero-order chi connectivity index (χ0) is 21.6. The summed E-state index contributed by atoms with van der Waals surface area (Å²) < 4.78 is 61.9. The van der Waals surface area contributed by atoms with E-state index in [1.807, 2.05) is 6.07 Å². The summed E-state index contributed by atoms with van der Waals surface area (Å²) in [6.45, 7) is -0.458. The third kappa shape index (κ3) is 5.23. The topological polar surface area (TPSA) is 97.5 Å². The summed E-state index contributed by atoms with van der Waals surface area (Å²) in [5, 5.41) is 12.8. The number of alkyl halides is 4. The molecule has 2 rings (SSSR count). The van der Waals surface area contributed by atoms with Crippen LogP contribution in [0.4, 0.5) is 17.6 Å². The van der Waals surface area contributed by atoms with Gasteiger partial charge >= 0.3 is 5.97 Å². The standard InChI is InChI=1S/C17H20F4N4O4/c1-28-6-7-29-16(27)17(10-22)2-4-24(5-3-17)13(26)9-25-12(15(20)21)8-11(23-25)14(18)19/h8,14-15H,2-7,9H2,1H3. The van der Waals surface area contributed by atoms with E-state index in [-0.39, 0.29) is 39.1 Å². The van der Waals surface area contributed by atoms with E-state index in [1.165, 1.54) is 12.0 Å². The lowest BCUT2D eigenvalue weighted by atomic mass is 9.80. The van der Waals surface area contributed by atoms with E-state index in [0.717, 1.165) is 0 Å². The molecule has 0 unspecified atom stereocenters. The summed E-state index contributed by atoms with van der Waals surface area (Å²) in [5.74, 6) is -1.34. The molecule has 0 N–H and O–H groups in total. The van der Waals surface area contributed by atoms with Crippen LogP contribution in [0.5, 0.6) is 0 Å². The number of nitriles is 1. The van der Waals surface area contributed by atoms with Crippen molar-refractivity contribution < 1.29 is 36.6 Å². The van der Waals surface area contributed by atoms with Gasteiger partial charge in [-0.15, -0.1) is 0 Å². The summed E-state index contributed by atoms with van der Waals surface area (Å²) in [4.78, 5) is 25.9. The lowest BCUT2D eigenvalue weighted by Gasteiger charge is -2.35. The number of carbonyl (C=O) groups is 2. The third-order valence-corrected chi connectivity index (χ3v) is 4.66. The molecule has 0 bridgehead atoms. The summed E-state index contributed by atoms with van der Waals surface area (Å²) in [7, 11) is 1.43. The zero-order valence-electron chi connectivity index (χ0n) is 15.6. The lowest BCUT2D eigenvalue weighted by molar-refractivity contribution is -0.157. The molecule has 1 aromatic rings. The van der Waals surface area contributed by atoms with E-state index in [1.54, 1.807) is 0 Å². The third-order valence-electron chi connectivity index (χ3n) is 4.66. The quantitative estimate of drug-likeness (QED) is 0.363. The smallest absolute Gasteiger partial charge is 0.326 e. The highest BCUT2D eigenvalue weighted by molar-refractivity contribution is 5.81. The largest absolute Gasteiger partial charge is 0.462 e. The van der Waals surface area contributed by atoms with Gasteiger partial charge in [0.05, 0.1) is 12.7 Å². The average Bonchev–Trinajstić information content (AvgIpc) is 3.12. The molecule has 29 heavy (non-hydrogen) atoms. The van der Waals surface area contributed by atoms with Crippen LogP contribution in [0.3, 0.4) is 0 Å². The molecule has 0 radical (unpaired) electrons. The minimum atomic E-state index is -3.07. The van der Waals surface area contributed by atoms with Crippen LogP contribution in [0.15, 0.2) is 6.07 Å². The van der Waals surface area contributed by atoms with E-state index >= 15 is 0 Å². The molecule has 1 aromatic heterocycles. The lowest BCUT2D eigenvalue weighted by Crippen LogP contribution is -2.47. The number of piperidine rings is 1. The fourth-order valence-electron chi connectivity index (χ4n) is 2.94. The fourth-order valence-corrected chi connectivity index (χ4v) is 2.94. The number of carbonyl (C=O) groups excluding carboxylic acids is 2. The van der Waals surface area contributed by atoms with Crippen LogP contribution in [0.25, 0.3) is 0 Å². The number of aromatic nitrogens is 2. The number of halogens is 4. The van der Waals surface area contributed by atoms with Crippen molar-refractivity contribution in [1.82, 2.24) is 14.7 Å². The molecule has 12 heteroatoms. The number of hydrogen-bond acceptors (Lipinski definition) is 6. The average molecular weight is 420 g/mol. The van der Waals surface area contributed by atoms with Crippen molar-refractivity contribution in [3.8, 4) is 6.07 Å². The molecule has 0 atom stereocenters. The van der Waals surface area contributed by atoms with Crippen LogP contribution < -0.4 is 0 Å². The van der Waals surface area contributed by atoms with Gasteiger partial charge in [0.2, 0.25) is 5.91 Å². The molecule has 1 aliphatic rings. The van der Waals surface area contributed by atoms with Gasteiger partial charge in [-0.25, -0.2) is 17.6 Å². The van der Waals surface area contributed by atoms with Crippen molar-refractivity contribution >= 4 is 11.9 Å². The summed E-state index contributed by atoms with van der Waals surface area (Å²) in [5.41, 5.74) is -3.03. The molecular formula is C17H20F4N4O4. The fraction of sp³-hybridized carbons (Fsp3) is 0.647. The molecule has 8 nitrogen and oxygen atoms in total. The Balaban J connectivity index is 2.01. The molecule has 0 saturated carbocycles. The first-order valence-corrected chi connectivity index (χ1v) is 8.73. The Labute approximate surface area is 164 Å². The first kappa shape index (κ1) is 22.6. The van der Waals surface area contributed by atoms with Gasteiger partial charge < -0.3 is 14.4 Å². The van der Waals surface area contributed by atoms with Gasteiger partial charge in [-0.05, 0) is 18.9 Å². The van der Waals surface area contributed by atoms with Gasteiger partial charge in [0.1, 0.15) is 24.5 Å². The first-order valence-electron chi connectivity index (χ1n) is 8.73. The number of rotatable bonds is 8. The predicted molar refractivity (Wildman–Crippen MR) is 88.8 cm³/mol. The Morgan fingerprint density at radius 2 is 1.90 bits per heavy atom. The molecule has 0 aromatic carbocycles. The highest BCUT2D eigenvalue weighted by Crippen LogP contribution is 2.32. The number of likely N-dealkylation sites (tertiary alicyclic amines) is 1. The molecule has 0 aliphatic carbocycles. The van der Waals surface area contributed by atoms with E-state index in [2.05, 4.69) is 5.10 Å². The van der Waals surface area contributed by atoms with Crippen LogP contribution in [-0.4, -0.2) is 60.0 Å². The molecule has 1 amide bonds. The highest BCUT2D eigenvalue weighted by Gasteiger charge is 2.44. The molecule has 1 aliphatic heterocycles. The second-order valence-corrected chi connectivity index (χ2v) is 6.46. The van der Waals surface area contributed by atoms with E-state index in [0.29, 0.717) is 10.7 Å². The maximum Gasteiger partial charge on any atom is 0.326 e. The second kappa shape index (κ2) is 9.69. The van der Waals surface area contributed by atoms with Crippen molar-refractivity contribution in [3.63, 3.8) is 0 Å². The number of nitrogens with zero attached hydrogens (tertiary/aromatic N) is 4. The van der Waals surface area contributed by atoms with Crippen molar-refractivity contribution in [1.29, 1.82) is 5.26 Å². The zero-order valence-corrected chi connectivity index (χ0v) is 15.6. The van der Waals surface area contributed by atoms with Crippen LogP contribution in [0.1, 0.15) is 37.1 Å². The number of esters is 1. The minimum Gasteiger partial charge on any atom is -0.462 e. The first-order chi connectivity index (χ1) is 13.7. The SMILES string of the molecule is COCCOC(=O)C1(C#N)CCN(C(=O)Cn2nc(C(F)F)cc2C(F)F)CC1. The van der Waals surface area contributed by atoms with Crippen molar-refractivity contribution in [3.05, 3.63) is 17.5 Å². The Kier molecular flexibility index (Phi) is 7.55. The normalized spacial score (nSPS) is 16.1. The molecule has 1 saturated heterocycles. The van der Waals surface area contributed by atoms with Gasteiger partial charge in [-0.3, -0.25) is 14.3 Å². The monoisotopic (exact) mass is 420 g/mol. The number of ether oxygens (including phenoxy) is 2. The Bertz CT molecular complexity index is 770. The number of methoxy groups -OCH3 is 1. The van der Waals surface area contributed by atoms with E-state index in [9.17, 15) is 32.4 Å². The van der Waals surface area contributed by atoms with Crippen LogP contribution in [0.2, 0.25) is 0 Å². The number of hydrogen-bond donors (Lipinski definition) is 0. The molecule has 2 heterocycles. The highest BCUT2D eigenvalue weighted by atomic mass is 19.3. The summed E-state index contributed by atoms with van der Waals surface area (Å²) in [6.07, 6.45) is -6.11. The number of amides is 1. The molecular weight excluding hydrogens is 400 g/mol. The molecule has 160 valence electrons. The van der Waals surface area contributed by atoms with Crippen molar-refractivity contribution in [2.45, 2.75) is 32.2 Å². The molecule has 1 fully saturated rings. The van der Waals surface area contributed by atoms with Crippen molar-refractivity contribution in [2.75, 3.05) is 33.4 Å². The minimum absolute atomic E-state index is 0.00412. The maximum absolute atomic E-state index is 13.0. The Morgan fingerprint density at radius 3 is 2.41 bits per heavy atom. The van der Waals surface area contributed by atoms with Gasteiger partial charge in [-0.1, -0.05) is 0 Å². The van der Waals surface area contributed by atoms with E-state index in [4.69, 9.17) is 9.47 Å². The molecule has 0 spiro atoms. The Morgan fingerprint density at radius 1 is 1.24 bits per heavy atom. The van der Waals surface area contributed by atoms with Gasteiger partial charge in [-0.2, -0.15) is 10.4 Å².